The van der Waals surface area contributed by atoms with Gasteiger partial charge in [-0.1, -0.05) is 13.3 Å². The molecule has 4 nitrogen and oxygen atoms in total. The molecule has 0 spiro atoms. The molecule has 0 saturated carbocycles. The van der Waals surface area contributed by atoms with Gasteiger partial charge >= 0.3 is 0 Å². The Morgan fingerprint density at radius 2 is 2.40 bits per heavy atom. The summed E-state index contributed by atoms with van der Waals surface area (Å²) in [4.78, 5) is 11.9. The van der Waals surface area contributed by atoms with Crippen molar-refractivity contribution in [2.75, 3.05) is 13.1 Å². The van der Waals surface area contributed by atoms with Gasteiger partial charge in [0, 0.05) is 12.6 Å². The Morgan fingerprint density at radius 1 is 1.67 bits per heavy atom. The molecule has 1 rings (SSSR count). The monoisotopic (exact) mass is 213 g/mol. The van der Waals surface area contributed by atoms with Crippen molar-refractivity contribution < 1.29 is 4.79 Å². The predicted molar refractivity (Wildman–Crippen MR) is 61.5 cm³/mol. The van der Waals surface area contributed by atoms with Gasteiger partial charge in [0.2, 0.25) is 5.91 Å². The Labute approximate surface area is 92.0 Å². The Hall–Kier alpha value is -0.610. The minimum absolute atomic E-state index is 0.0157. The number of amides is 1. The zero-order valence-electron chi connectivity index (χ0n) is 9.81. The van der Waals surface area contributed by atoms with Gasteiger partial charge in [0.05, 0.1) is 5.54 Å². The van der Waals surface area contributed by atoms with E-state index in [0.717, 1.165) is 38.8 Å². The third-order valence-corrected chi connectivity index (χ3v) is 2.92. The van der Waals surface area contributed by atoms with Gasteiger partial charge in [-0.05, 0) is 32.7 Å². The van der Waals surface area contributed by atoms with E-state index in [4.69, 9.17) is 5.73 Å². The van der Waals surface area contributed by atoms with Crippen LogP contribution in [0.25, 0.3) is 0 Å². The van der Waals surface area contributed by atoms with Crippen LogP contribution in [0.5, 0.6) is 0 Å². The molecule has 1 unspecified atom stereocenters. The molecule has 0 aromatic rings. The van der Waals surface area contributed by atoms with Crippen molar-refractivity contribution in [3.8, 4) is 0 Å². The number of nitrogens with two attached hydrogens (primary N) is 1. The summed E-state index contributed by atoms with van der Waals surface area (Å²) < 4.78 is 0. The van der Waals surface area contributed by atoms with Gasteiger partial charge in [-0.2, -0.15) is 0 Å². The first-order chi connectivity index (χ1) is 7.06. The number of carbonyl (C=O) groups is 1. The SMILES string of the molecule is CCCC(C)(N)C(=O)N[C@H]1CCCNC1. The van der Waals surface area contributed by atoms with E-state index in [1.165, 1.54) is 0 Å². The number of hydrogen-bond acceptors (Lipinski definition) is 3. The van der Waals surface area contributed by atoms with Crippen molar-refractivity contribution in [3.63, 3.8) is 0 Å². The highest BCUT2D eigenvalue weighted by Crippen LogP contribution is 2.10. The summed E-state index contributed by atoms with van der Waals surface area (Å²) in [6, 6.07) is 0.256. The molecule has 0 aromatic carbocycles. The lowest BCUT2D eigenvalue weighted by atomic mass is 9.95. The summed E-state index contributed by atoms with van der Waals surface area (Å²) in [6.07, 6.45) is 3.85. The molecule has 4 N–H and O–H groups in total. The molecule has 1 saturated heterocycles. The lowest BCUT2D eigenvalue weighted by Crippen LogP contribution is -2.56. The van der Waals surface area contributed by atoms with Crippen LogP contribution in [0, 0.1) is 0 Å². The minimum Gasteiger partial charge on any atom is -0.351 e. The Morgan fingerprint density at radius 3 is 2.93 bits per heavy atom. The summed E-state index contributed by atoms with van der Waals surface area (Å²) in [7, 11) is 0. The second-order valence-electron chi connectivity index (χ2n) is 4.68. The van der Waals surface area contributed by atoms with E-state index >= 15 is 0 Å². The van der Waals surface area contributed by atoms with Gasteiger partial charge in [0.1, 0.15) is 0 Å². The van der Waals surface area contributed by atoms with Gasteiger partial charge in [0.25, 0.3) is 0 Å². The first kappa shape index (κ1) is 12.5. The highest BCUT2D eigenvalue weighted by atomic mass is 16.2. The Bertz CT molecular complexity index is 210. The predicted octanol–water partition coefficient (Wildman–Crippen LogP) is 0.372. The van der Waals surface area contributed by atoms with E-state index in [1.54, 1.807) is 0 Å². The maximum absolute atomic E-state index is 11.9. The highest BCUT2D eigenvalue weighted by molar-refractivity contribution is 5.85. The van der Waals surface area contributed by atoms with Gasteiger partial charge in [-0.25, -0.2) is 0 Å². The number of carbonyl (C=O) groups excluding carboxylic acids is 1. The molecule has 1 heterocycles. The number of nitrogens with one attached hydrogen (secondary N) is 2. The molecule has 2 atom stereocenters. The van der Waals surface area contributed by atoms with Crippen LogP contribution in [0.2, 0.25) is 0 Å². The summed E-state index contributed by atoms with van der Waals surface area (Å²) in [6.45, 7) is 5.78. The van der Waals surface area contributed by atoms with E-state index in [9.17, 15) is 4.79 Å². The number of rotatable bonds is 4. The largest absolute Gasteiger partial charge is 0.351 e. The van der Waals surface area contributed by atoms with Crippen LogP contribution in [0.1, 0.15) is 39.5 Å². The molecule has 0 aromatic heterocycles. The topological polar surface area (TPSA) is 67.2 Å². The second kappa shape index (κ2) is 5.47. The number of hydrogen-bond donors (Lipinski definition) is 3. The van der Waals surface area contributed by atoms with Crippen LogP contribution in [-0.4, -0.2) is 30.6 Å². The molecule has 88 valence electrons. The van der Waals surface area contributed by atoms with E-state index in [-0.39, 0.29) is 11.9 Å². The standard InChI is InChI=1S/C11H23N3O/c1-3-6-11(2,12)10(15)14-9-5-4-7-13-8-9/h9,13H,3-8,12H2,1-2H3,(H,14,15)/t9-,11?/m0/s1. The smallest absolute Gasteiger partial charge is 0.240 e. The summed E-state index contributed by atoms with van der Waals surface area (Å²) in [5.41, 5.74) is 5.24. The lowest BCUT2D eigenvalue weighted by molar-refractivity contribution is -0.126. The van der Waals surface area contributed by atoms with Crippen molar-refractivity contribution >= 4 is 5.91 Å². The molecular weight excluding hydrogens is 190 g/mol. The third-order valence-electron chi connectivity index (χ3n) is 2.92. The second-order valence-corrected chi connectivity index (χ2v) is 4.68. The molecule has 0 bridgehead atoms. The maximum atomic E-state index is 11.9. The van der Waals surface area contributed by atoms with E-state index in [2.05, 4.69) is 10.6 Å². The zero-order chi connectivity index (χ0) is 11.3. The van der Waals surface area contributed by atoms with Crippen molar-refractivity contribution in [3.05, 3.63) is 0 Å². The molecular formula is C11H23N3O. The fourth-order valence-electron chi connectivity index (χ4n) is 1.96. The molecule has 0 radical (unpaired) electrons. The van der Waals surface area contributed by atoms with Crippen LogP contribution < -0.4 is 16.4 Å². The van der Waals surface area contributed by atoms with Crippen LogP contribution >= 0.6 is 0 Å². The van der Waals surface area contributed by atoms with Crippen molar-refractivity contribution in [1.82, 2.24) is 10.6 Å². The molecule has 1 aliphatic heterocycles. The zero-order valence-corrected chi connectivity index (χ0v) is 9.81. The average molecular weight is 213 g/mol. The summed E-state index contributed by atoms with van der Waals surface area (Å²) in [5.74, 6) is -0.0157. The van der Waals surface area contributed by atoms with Crippen LogP contribution in [-0.2, 0) is 4.79 Å². The van der Waals surface area contributed by atoms with Crippen LogP contribution in [0.15, 0.2) is 0 Å². The van der Waals surface area contributed by atoms with Crippen molar-refractivity contribution in [2.24, 2.45) is 5.73 Å². The quantitative estimate of drug-likeness (QED) is 0.632. The van der Waals surface area contributed by atoms with Gasteiger partial charge in [-0.15, -0.1) is 0 Å². The molecule has 1 amide bonds. The van der Waals surface area contributed by atoms with E-state index in [1.807, 2.05) is 13.8 Å². The highest BCUT2D eigenvalue weighted by Gasteiger charge is 2.29. The maximum Gasteiger partial charge on any atom is 0.240 e. The Kier molecular flexibility index (Phi) is 4.54. The van der Waals surface area contributed by atoms with Crippen molar-refractivity contribution in [1.29, 1.82) is 0 Å². The first-order valence-electron chi connectivity index (χ1n) is 5.87. The van der Waals surface area contributed by atoms with Gasteiger partial charge < -0.3 is 16.4 Å². The molecule has 1 aliphatic rings. The van der Waals surface area contributed by atoms with Crippen molar-refractivity contribution in [2.45, 2.75) is 51.1 Å². The summed E-state index contributed by atoms with van der Waals surface area (Å²) in [5, 5.41) is 6.29. The Balaban J connectivity index is 2.39. The lowest BCUT2D eigenvalue weighted by Gasteiger charge is -2.29. The van der Waals surface area contributed by atoms with Gasteiger partial charge in [0.15, 0.2) is 0 Å². The fourth-order valence-corrected chi connectivity index (χ4v) is 1.96. The van der Waals surface area contributed by atoms with Gasteiger partial charge in [-0.3, -0.25) is 4.79 Å². The van der Waals surface area contributed by atoms with Crippen LogP contribution in [0.4, 0.5) is 0 Å². The normalized spacial score (nSPS) is 25.7. The molecule has 4 heteroatoms. The van der Waals surface area contributed by atoms with E-state index < -0.39 is 5.54 Å². The minimum atomic E-state index is -0.716. The van der Waals surface area contributed by atoms with E-state index in [0.29, 0.717) is 0 Å². The summed E-state index contributed by atoms with van der Waals surface area (Å²) >= 11 is 0. The molecule has 0 aliphatic carbocycles. The third kappa shape index (κ3) is 3.80. The average Bonchev–Trinajstić information content (AvgIpc) is 2.19. The first-order valence-corrected chi connectivity index (χ1v) is 5.87. The van der Waals surface area contributed by atoms with Crippen LogP contribution in [0.3, 0.4) is 0 Å². The fraction of sp³-hybridized carbons (Fsp3) is 0.909. The molecule has 15 heavy (non-hydrogen) atoms. The molecule has 1 fully saturated rings. The number of piperidine rings is 1.